The van der Waals surface area contributed by atoms with Gasteiger partial charge in [-0.2, -0.15) is 9.82 Å². The fourth-order valence-corrected chi connectivity index (χ4v) is 6.77. The summed E-state index contributed by atoms with van der Waals surface area (Å²) in [6, 6.07) is 13.7. The molecule has 0 saturated heterocycles. The smallest absolute Gasteiger partial charge is 0.244 e. The van der Waals surface area contributed by atoms with Crippen molar-refractivity contribution in [1.29, 1.82) is 0 Å². The van der Waals surface area contributed by atoms with Gasteiger partial charge in [0.05, 0.1) is 24.5 Å². The van der Waals surface area contributed by atoms with Crippen molar-refractivity contribution in [2.24, 2.45) is 0 Å². The highest BCUT2D eigenvalue weighted by Gasteiger charge is 2.29. The van der Waals surface area contributed by atoms with E-state index in [1.807, 2.05) is 18.2 Å². The number of aromatic nitrogens is 3. The van der Waals surface area contributed by atoms with Gasteiger partial charge in [-0.15, -0.1) is 11.3 Å². The Bertz CT molecular complexity index is 1700. The largest absolute Gasteiger partial charge is 0.393 e. The molecule has 0 aliphatic rings. The first-order valence-electron chi connectivity index (χ1n) is 11.4. The number of thiophene rings is 1. The normalized spacial score (nSPS) is 14.4. The number of aromatic amines is 1. The zero-order valence-electron chi connectivity index (χ0n) is 19.9. The van der Waals surface area contributed by atoms with E-state index in [0.29, 0.717) is 16.1 Å². The fourth-order valence-electron chi connectivity index (χ4n) is 4.09. The van der Waals surface area contributed by atoms with Crippen LogP contribution < -0.4 is 4.72 Å². The monoisotopic (exact) mass is 572 g/mol. The molecule has 0 aliphatic carbocycles. The van der Waals surface area contributed by atoms with Gasteiger partial charge in [-0.25, -0.2) is 12.8 Å². The van der Waals surface area contributed by atoms with Crippen molar-refractivity contribution in [2.45, 2.75) is 23.5 Å². The third kappa shape index (κ3) is 4.96. The highest BCUT2D eigenvalue weighted by Crippen LogP contribution is 2.41. The molecule has 0 radical (unpaired) electrons. The van der Waals surface area contributed by atoms with Crippen LogP contribution in [-0.4, -0.2) is 40.4 Å². The molecule has 3 heterocycles. The van der Waals surface area contributed by atoms with Gasteiger partial charge in [-0.05, 0) is 48.2 Å². The van der Waals surface area contributed by atoms with E-state index in [4.69, 9.17) is 11.6 Å². The lowest BCUT2D eigenvalue weighted by Gasteiger charge is -2.21. The lowest BCUT2D eigenvalue weighted by molar-refractivity contribution is -0.00230. The number of fused-ring (bicyclic) bond motifs is 1. The standard InChI is InChI=1S/C26H22ClFN4O4S2/c1-26(34,14-33)16-8-9-29-21(11-16)18-5-2-4-15-10-22(37-25(15)18)24(23-19(27)6-3-7-20(23)28)32-38(35,36)17-12-30-31-13-17/h2-13,24,32-34H,14H2,1H3,(H,30,31). The Morgan fingerprint density at radius 2 is 2.00 bits per heavy atom. The highest BCUT2D eigenvalue weighted by molar-refractivity contribution is 7.89. The summed E-state index contributed by atoms with van der Waals surface area (Å²) in [6.45, 7) is 1.04. The summed E-state index contributed by atoms with van der Waals surface area (Å²) in [5.41, 5.74) is 0.306. The summed E-state index contributed by atoms with van der Waals surface area (Å²) >= 11 is 7.65. The van der Waals surface area contributed by atoms with Crippen LogP contribution in [0.1, 0.15) is 29.0 Å². The molecule has 2 aromatic carbocycles. The first-order valence-corrected chi connectivity index (χ1v) is 14.1. The molecule has 0 fully saturated rings. The summed E-state index contributed by atoms with van der Waals surface area (Å²) < 4.78 is 44.8. The van der Waals surface area contributed by atoms with E-state index < -0.39 is 34.1 Å². The molecular weight excluding hydrogens is 551 g/mol. The lowest BCUT2D eigenvalue weighted by Crippen LogP contribution is -2.29. The van der Waals surface area contributed by atoms with Gasteiger partial charge in [0.1, 0.15) is 16.3 Å². The van der Waals surface area contributed by atoms with Crippen molar-refractivity contribution >= 4 is 43.0 Å². The van der Waals surface area contributed by atoms with Gasteiger partial charge in [0.2, 0.25) is 10.0 Å². The van der Waals surface area contributed by atoms with Crippen LogP contribution in [0.3, 0.4) is 0 Å². The third-order valence-electron chi connectivity index (χ3n) is 6.16. The Hall–Kier alpha value is -3.19. The van der Waals surface area contributed by atoms with Crippen LogP contribution in [0.2, 0.25) is 5.02 Å². The van der Waals surface area contributed by atoms with Gasteiger partial charge in [0.25, 0.3) is 0 Å². The first-order chi connectivity index (χ1) is 18.1. The minimum atomic E-state index is -4.10. The summed E-state index contributed by atoms with van der Waals surface area (Å²) in [5.74, 6) is -0.657. The molecule has 0 saturated carbocycles. The zero-order valence-corrected chi connectivity index (χ0v) is 22.3. The maximum atomic E-state index is 15.1. The van der Waals surface area contributed by atoms with Crippen LogP contribution >= 0.6 is 22.9 Å². The molecule has 0 spiro atoms. The minimum absolute atomic E-state index is 0.00606. The van der Waals surface area contributed by atoms with Crippen molar-refractivity contribution in [1.82, 2.24) is 19.9 Å². The molecule has 0 aliphatic heterocycles. The molecule has 196 valence electrons. The summed E-state index contributed by atoms with van der Waals surface area (Å²) in [7, 11) is -4.10. The molecule has 2 unspecified atom stereocenters. The van der Waals surface area contributed by atoms with Gasteiger partial charge in [0, 0.05) is 38.1 Å². The van der Waals surface area contributed by atoms with E-state index >= 15 is 4.39 Å². The van der Waals surface area contributed by atoms with Gasteiger partial charge < -0.3 is 10.2 Å². The number of aliphatic hydroxyl groups is 2. The number of hydrogen-bond donors (Lipinski definition) is 4. The Morgan fingerprint density at radius 3 is 2.71 bits per heavy atom. The van der Waals surface area contributed by atoms with Crippen LogP contribution in [0, 0.1) is 5.82 Å². The maximum Gasteiger partial charge on any atom is 0.244 e. The lowest BCUT2D eigenvalue weighted by atomic mass is 9.96. The predicted octanol–water partition coefficient (Wildman–Crippen LogP) is 4.75. The van der Waals surface area contributed by atoms with E-state index in [1.165, 1.54) is 42.7 Å². The predicted molar refractivity (Wildman–Crippen MR) is 144 cm³/mol. The number of benzene rings is 2. The topological polar surface area (TPSA) is 128 Å². The van der Waals surface area contributed by atoms with Crippen molar-refractivity contribution in [3.8, 4) is 11.3 Å². The fraction of sp³-hybridized carbons (Fsp3) is 0.154. The van der Waals surface area contributed by atoms with E-state index in [9.17, 15) is 18.6 Å². The van der Waals surface area contributed by atoms with Crippen molar-refractivity contribution in [3.63, 3.8) is 0 Å². The van der Waals surface area contributed by atoms with Crippen LogP contribution in [0.5, 0.6) is 0 Å². The number of rotatable bonds is 8. The molecular formula is C26H22ClFN4O4S2. The van der Waals surface area contributed by atoms with Gasteiger partial charge in [-0.3, -0.25) is 10.1 Å². The molecule has 2 atom stereocenters. The number of nitrogens with zero attached hydrogens (tertiary/aromatic N) is 2. The molecule has 3 aromatic heterocycles. The van der Waals surface area contributed by atoms with Gasteiger partial charge >= 0.3 is 0 Å². The maximum absolute atomic E-state index is 15.1. The van der Waals surface area contributed by atoms with Crippen LogP contribution in [0.4, 0.5) is 4.39 Å². The van der Waals surface area contributed by atoms with Gasteiger partial charge in [0.15, 0.2) is 0 Å². The Labute approximate surface area is 226 Å². The number of nitrogens with one attached hydrogen (secondary N) is 2. The number of sulfonamides is 1. The molecule has 0 amide bonds. The second-order valence-corrected chi connectivity index (χ2v) is 12.1. The van der Waals surface area contributed by atoms with E-state index in [2.05, 4.69) is 19.9 Å². The Morgan fingerprint density at radius 1 is 1.21 bits per heavy atom. The Balaban J connectivity index is 1.66. The molecule has 5 aromatic rings. The van der Waals surface area contributed by atoms with Crippen molar-refractivity contribution in [2.75, 3.05) is 6.61 Å². The average molecular weight is 573 g/mol. The molecule has 5 rings (SSSR count). The molecule has 4 N–H and O–H groups in total. The summed E-state index contributed by atoms with van der Waals surface area (Å²) in [5, 5.41) is 27.1. The van der Waals surface area contributed by atoms with Crippen molar-refractivity contribution in [3.05, 3.63) is 100 Å². The second kappa shape index (κ2) is 10.2. The SMILES string of the molecule is CC(O)(CO)c1ccnc(-c2cccc3cc(C(NS(=O)(=O)c4cn[nH]c4)c4c(F)cccc4Cl)sc23)c1. The second-order valence-electron chi connectivity index (χ2n) is 8.86. The quantitative estimate of drug-likeness (QED) is 0.212. The first kappa shape index (κ1) is 26.4. The van der Waals surface area contributed by atoms with E-state index in [1.54, 1.807) is 24.4 Å². The van der Waals surface area contributed by atoms with Crippen LogP contribution in [0.25, 0.3) is 21.3 Å². The highest BCUT2D eigenvalue weighted by atomic mass is 35.5. The molecule has 8 nitrogen and oxygen atoms in total. The van der Waals surface area contributed by atoms with Crippen LogP contribution in [-0.2, 0) is 15.6 Å². The average Bonchev–Trinajstić information content (AvgIpc) is 3.59. The minimum Gasteiger partial charge on any atom is -0.393 e. The zero-order chi connectivity index (χ0) is 27.1. The third-order valence-corrected chi connectivity index (χ3v) is 9.13. The number of aliphatic hydroxyl groups excluding tert-OH is 1. The molecule has 0 bridgehead atoms. The van der Waals surface area contributed by atoms with Crippen molar-refractivity contribution < 1.29 is 23.0 Å². The number of H-pyrrole nitrogens is 1. The molecule has 12 heteroatoms. The number of pyridine rings is 1. The number of hydrogen-bond acceptors (Lipinski definition) is 7. The Kier molecular flexibility index (Phi) is 7.07. The van der Waals surface area contributed by atoms with Gasteiger partial charge in [-0.1, -0.05) is 35.9 Å². The van der Waals surface area contributed by atoms with E-state index in [-0.39, 0.29) is 15.5 Å². The number of halogens is 2. The summed E-state index contributed by atoms with van der Waals surface area (Å²) in [4.78, 5) is 4.85. The van der Waals surface area contributed by atoms with Crippen LogP contribution in [0.15, 0.2) is 78.1 Å². The molecule has 38 heavy (non-hydrogen) atoms. The summed E-state index contributed by atoms with van der Waals surface area (Å²) in [6.07, 6.45) is 3.93. The van der Waals surface area contributed by atoms with E-state index in [0.717, 1.165) is 21.8 Å².